The van der Waals surface area contributed by atoms with Crippen molar-refractivity contribution in [1.82, 2.24) is 9.88 Å². The number of hydrogen-bond acceptors (Lipinski definition) is 2. The molecular weight excluding hydrogens is 316 g/mol. The Bertz CT molecular complexity index is 797. The molecule has 0 bridgehead atoms. The molecular formula is C24H26N2. The van der Waals surface area contributed by atoms with E-state index in [-0.39, 0.29) is 0 Å². The lowest BCUT2D eigenvalue weighted by atomic mass is 10.0. The minimum absolute atomic E-state index is 0.476. The predicted molar refractivity (Wildman–Crippen MR) is 107 cm³/mol. The average molecular weight is 342 g/mol. The summed E-state index contributed by atoms with van der Waals surface area (Å²) in [6, 6.07) is 26.4. The van der Waals surface area contributed by atoms with Crippen LogP contribution in [0.15, 0.2) is 79.0 Å². The molecule has 2 heterocycles. The third-order valence-corrected chi connectivity index (χ3v) is 5.33. The molecule has 0 aliphatic carbocycles. The van der Waals surface area contributed by atoms with Crippen LogP contribution in [0.4, 0.5) is 0 Å². The SMILES string of the molecule is c1ccc(CCN2CCCC2c2ccc(Cc3ccccc3)cn2)cc1. The lowest BCUT2D eigenvalue weighted by molar-refractivity contribution is 0.256. The molecule has 2 heteroatoms. The molecule has 1 fully saturated rings. The standard InChI is InChI=1S/C24H26N2/c1-3-8-20(9-4-1)15-17-26-16-7-12-24(26)23-14-13-22(19-25-23)18-21-10-5-2-6-11-21/h1-6,8-11,13-14,19,24H,7,12,15-18H2. The van der Waals surface area contributed by atoms with E-state index in [9.17, 15) is 0 Å². The van der Waals surface area contributed by atoms with E-state index in [1.165, 1.54) is 41.8 Å². The molecule has 26 heavy (non-hydrogen) atoms. The molecule has 0 N–H and O–H groups in total. The van der Waals surface area contributed by atoms with Crippen LogP contribution >= 0.6 is 0 Å². The third kappa shape index (κ3) is 4.20. The zero-order chi connectivity index (χ0) is 17.6. The van der Waals surface area contributed by atoms with E-state index in [1.54, 1.807) is 0 Å². The largest absolute Gasteiger partial charge is 0.294 e. The Morgan fingerprint density at radius 2 is 1.54 bits per heavy atom. The van der Waals surface area contributed by atoms with E-state index in [1.807, 2.05) is 0 Å². The topological polar surface area (TPSA) is 16.1 Å². The van der Waals surface area contributed by atoms with Gasteiger partial charge in [-0.3, -0.25) is 9.88 Å². The Balaban J connectivity index is 1.39. The molecule has 2 nitrogen and oxygen atoms in total. The molecule has 1 unspecified atom stereocenters. The molecule has 0 radical (unpaired) electrons. The fourth-order valence-electron chi connectivity index (χ4n) is 3.92. The Hall–Kier alpha value is -2.45. The maximum Gasteiger partial charge on any atom is 0.0575 e. The average Bonchev–Trinajstić information content (AvgIpc) is 3.17. The van der Waals surface area contributed by atoms with Gasteiger partial charge in [-0.2, -0.15) is 0 Å². The van der Waals surface area contributed by atoms with E-state index in [2.05, 4.69) is 83.9 Å². The van der Waals surface area contributed by atoms with Crippen LogP contribution in [-0.4, -0.2) is 23.0 Å². The first kappa shape index (κ1) is 17.0. The van der Waals surface area contributed by atoms with Crippen LogP contribution in [0.3, 0.4) is 0 Å². The van der Waals surface area contributed by atoms with Crippen molar-refractivity contribution in [3.63, 3.8) is 0 Å². The molecule has 2 aromatic carbocycles. The Kier molecular flexibility index (Phi) is 5.41. The molecule has 1 saturated heterocycles. The molecule has 132 valence electrons. The van der Waals surface area contributed by atoms with Gasteiger partial charge in [-0.1, -0.05) is 66.7 Å². The predicted octanol–water partition coefficient (Wildman–Crippen LogP) is 5.05. The van der Waals surface area contributed by atoms with Gasteiger partial charge in [0.05, 0.1) is 11.7 Å². The van der Waals surface area contributed by atoms with Gasteiger partial charge in [0.2, 0.25) is 0 Å². The highest BCUT2D eigenvalue weighted by molar-refractivity contribution is 5.26. The van der Waals surface area contributed by atoms with Crippen LogP contribution in [0, 0.1) is 0 Å². The van der Waals surface area contributed by atoms with Gasteiger partial charge in [0.25, 0.3) is 0 Å². The van der Waals surface area contributed by atoms with Gasteiger partial charge in [-0.15, -0.1) is 0 Å². The van der Waals surface area contributed by atoms with Gasteiger partial charge >= 0.3 is 0 Å². The Morgan fingerprint density at radius 1 is 0.808 bits per heavy atom. The monoisotopic (exact) mass is 342 g/mol. The first-order valence-electron chi connectivity index (χ1n) is 9.65. The van der Waals surface area contributed by atoms with E-state index in [0.29, 0.717) is 6.04 Å². The van der Waals surface area contributed by atoms with Crippen molar-refractivity contribution in [3.8, 4) is 0 Å². The first-order valence-corrected chi connectivity index (χ1v) is 9.65. The summed E-state index contributed by atoms with van der Waals surface area (Å²) >= 11 is 0. The zero-order valence-corrected chi connectivity index (χ0v) is 15.2. The molecule has 1 aromatic heterocycles. The molecule has 0 amide bonds. The Labute approximate surface area is 156 Å². The number of pyridine rings is 1. The van der Waals surface area contributed by atoms with Crippen molar-refractivity contribution in [2.24, 2.45) is 0 Å². The summed E-state index contributed by atoms with van der Waals surface area (Å²) < 4.78 is 0. The van der Waals surface area contributed by atoms with Crippen LogP contribution in [0.25, 0.3) is 0 Å². The highest BCUT2D eigenvalue weighted by Gasteiger charge is 2.26. The van der Waals surface area contributed by atoms with Crippen molar-refractivity contribution in [1.29, 1.82) is 0 Å². The minimum Gasteiger partial charge on any atom is -0.294 e. The summed E-state index contributed by atoms with van der Waals surface area (Å²) in [5, 5.41) is 0. The smallest absolute Gasteiger partial charge is 0.0575 e. The van der Waals surface area contributed by atoms with Crippen molar-refractivity contribution in [2.45, 2.75) is 31.7 Å². The van der Waals surface area contributed by atoms with E-state index in [0.717, 1.165) is 19.4 Å². The molecule has 0 saturated carbocycles. The fourth-order valence-corrected chi connectivity index (χ4v) is 3.92. The second kappa shape index (κ2) is 8.29. The lowest BCUT2D eigenvalue weighted by Gasteiger charge is -2.24. The van der Waals surface area contributed by atoms with Gasteiger partial charge < -0.3 is 0 Å². The number of hydrogen-bond donors (Lipinski definition) is 0. The third-order valence-electron chi connectivity index (χ3n) is 5.33. The number of benzene rings is 2. The number of aromatic nitrogens is 1. The first-order chi connectivity index (χ1) is 12.9. The molecule has 1 aliphatic rings. The second-order valence-corrected chi connectivity index (χ2v) is 7.18. The van der Waals surface area contributed by atoms with Gasteiger partial charge in [0, 0.05) is 12.7 Å². The maximum absolute atomic E-state index is 4.82. The fraction of sp³-hybridized carbons (Fsp3) is 0.292. The van der Waals surface area contributed by atoms with Crippen LogP contribution in [0.5, 0.6) is 0 Å². The number of rotatable bonds is 6. The van der Waals surface area contributed by atoms with E-state index in [4.69, 9.17) is 4.98 Å². The molecule has 0 spiro atoms. The molecule has 1 atom stereocenters. The summed E-state index contributed by atoms with van der Waals surface area (Å²) in [6.45, 7) is 2.30. The number of nitrogens with zero attached hydrogens (tertiary/aromatic N) is 2. The minimum atomic E-state index is 0.476. The zero-order valence-electron chi connectivity index (χ0n) is 15.2. The van der Waals surface area contributed by atoms with Gasteiger partial charge in [-0.05, 0) is 55.0 Å². The highest BCUT2D eigenvalue weighted by Crippen LogP contribution is 2.30. The van der Waals surface area contributed by atoms with Crippen molar-refractivity contribution >= 4 is 0 Å². The van der Waals surface area contributed by atoms with E-state index < -0.39 is 0 Å². The van der Waals surface area contributed by atoms with Crippen molar-refractivity contribution < 1.29 is 0 Å². The summed E-state index contributed by atoms with van der Waals surface area (Å²) in [7, 11) is 0. The summed E-state index contributed by atoms with van der Waals surface area (Å²) in [5.74, 6) is 0. The molecule has 4 rings (SSSR count). The van der Waals surface area contributed by atoms with Crippen molar-refractivity contribution in [3.05, 3.63) is 101 Å². The van der Waals surface area contributed by atoms with Gasteiger partial charge in [-0.25, -0.2) is 0 Å². The summed E-state index contributed by atoms with van der Waals surface area (Å²) in [6.07, 6.45) is 6.63. The summed E-state index contributed by atoms with van der Waals surface area (Å²) in [4.78, 5) is 7.42. The number of likely N-dealkylation sites (tertiary alicyclic amines) is 1. The molecule has 3 aromatic rings. The van der Waals surface area contributed by atoms with Crippen molar-refractivity contribution in [2.75, 3.05) is 13.1 Å². The van der Waals surface area contributed by atoms with Crippen LogP contribution in [0.1, 0.15) is 41.3 Å². The molecule has 1 aliphatic heterocycles. The van der Waals surface area contributed by atoms with E-state index >= 15 is 0 Å². The van der Waals surface area contributed by atoms with Gasteiger partial charge in [0.1, 0.15) is 0 Å². The van der Waals surface area contributed by atoms with Crippen LogP contribution < -0.4 is 0 Å². The highest BCUT2D eigenvalue weighted by atomic mass is 15.2. The summed E-state index contributed by atoms with van der Waals surface area (Å²) in [5.41, 5.74) is 5.28. The second-order valence-electron chi connectivity index (χ2n) is 7.18. The van der Waals surface area contributed by atoms with Gasteiger partial charge in [0.15, 0.2) is 0 Å². The normalized spacial score (nSPS) is 17.5. The quantitative estimate of drug-likeness (QED) is 0.623. The van der Waals surface area contributed by atoms with Crippen LogP contribution in [0.2, 0.25) is 0 Å². The lowest BCUT2D eigenvalue weighted by Crippen LogP contribution is -2.26. The van der Waals surface area contributed by atoms with Crippen LogP contribution in [-0.2, 0) is 12.8 Å². The Morgan fingerprint density at radius 3 is 2.23 bits per heavy atom. The maximum atomic E-state index is 4.82.